The molecule has 2 unspecified atom stereocenters. The maximum Gasteiger partial charge on any atom is 0.312 e. The van der Waals surface area contributed by atoms with Gasteiger partial charge in [-0.05, 0) is 35.6 Å². The predicted octanol–water partition coefficient (Wildman–Crippen LogP) is 4.11. The van der Waals surface area contributed by atoms with Crippen LogP contribution in [0.15, 0.2) is 54.9 Å². The van der Waals surface area contributed by atoms with Crippen LogP contribution >= 0.6 is 0 Å². The van der Waals surface area contributed by atoms with Crippen LogP contribution in [0.4, 0.5) is 0 Å². The van der Waals surface area contributed by atoms with Crippen molar-refractivity contribution in [1.82, 2.24) is 9.55 Å². The topological polar surface area (TPSA) is 95.3 Å². The Hall–Kier alpha value is -3.54. The van der Waals surface area contributed by atoms with Gasteiger partial charge in [0.1, 0.15) is 11.8 Å². The van der Waals surface area contributed by atoms with Crippen molar-refractivity contribution < 1.29 is 19.8 Å². The number of hydrogen-bond donors (Lipinski definition) is 3. The van der Waals surface area contributed by atoms with Gasteiger partial charge in [-0.2, -0.15) is 0 Å². The van der Waals surface area contributed by atoms with Gasteiger partial charge in [0.05, 0.1) is 5.52 Å². The third kappa shape index (κ3) is 2.63. The highest BCUT2D eigenvalue weighted by Gasteiger charge is 2.39. The molecule has 2 aromatic heterocycles. The Balaban J connectivity index is 1.75. The molecule has 29 heavy (non-hydrogen) atoms. The average molecular weight is 388 g/mol. The molecule has 2 aromatic carbocycles. The van der Waals surface area contributed by atoms with E-state index in [4.69, 9.17) is 0 Å². The van der Waals surface area contributed by atoms with Gasteiger partial charge in [0, 0.05) is 35.2 Å². The summed E-state index contributed by atoms with van der Waals surface area (Å²) < 4.78 is 2.08. The van der Waals surface area contributed by atoms with E-state index in [1.54, 1.807) is 6.20 Å². The van der Waals surface area contributed by atoms with Crippen molar-refractivity contribution in [2.45, 2.75) is 31.2 Å². The Morgan fingerprint density at radius 1 is 0.931 bits per heavy atom. The van der Waals surface area contributed by atoms with Gasteiger partial charge in [-0.25, -0.2) is 0 Å². The number of carbonyl (C=O) groups is 2. The molecule has 6 nitrogen and oxygen atoms in total. The summed E-state index contributed by atoms with van der Waals surface area (Å²) in [5, 5.41) is 21.8. The number of rotatable bonds is 5. The molecule has 5 rings (SSSR count). The Morgan fingerprint density at radius 3 is 2.45 bits per heavy atom. The van der Waals surface area contributed by atoms with Crippen molar-refractivity contribution in [2.24, 2.45) is 0 Å². The molecule has 0 aliphatic carbocycles. The lowest BCUT2D eigenvalue weighted by Gasteiger charge is -2.20. The monoisotopic (exact) mass is 388 g/mol. The van der Waals surface area contributed by atoms with Crippen LogP contribution in [-0.2, 0) is 22.6 Å². The summed E-state index contributed by atoms with van der Waals surface area (Å²) in [5.41, 5.74) is 4.06. The molecular formula is C23H20N2O4. The fraction of sp³-hybridized carbons (Fsp3) is 0.217. The Labute approximate surface area is 166 Å². The molecule has 0 amide bonds. The van der Waals surface area contributed by atoms with Gasteiger partial charge in [-0.15, -0.1) is 0 Å². The second-order valence-corrected chi connectivity index (χ2v) is 7.62. The highest BCUT2D eigenvalue weighted by Crippen LogP contribution is 2.42. The molecule has 1 aliphatic rings. The minimum atomic E-state index is -1.20. The number of carboxylic acid groups (broad SMARTS) is 2. The van der Waals surface area contributed by atoms with E-state index in [9.17, 15) is 19.8 Å². The van der Waals surface area contributed by atoms with Crippen LogP contribution in [0.25, 0.3) is 21.8 Å². The summed E-state index contributed by atoms with van der Waals surface area (Å²) in [7, 11) is 0. The summed E-state index contributed by atoms with van der Waals surface area (Å²) in [4.78, 5) is 27.9. The molecule has 0 saturated heterocycles. The SMILES string of the molecule is O=C(O)C(c1c[nH]c2ccccc12)C(C(=O)O)c1cn2c3c(cccc13)CCC2. The highest BCUT2D eigenvalue weighted by molar-refractivity contribution is 5.98. The number of H-pyrrole nitrogens is 1. The first-order valence-corrected chi connectivity index (χ1v) is 9.68. The van der Waals surface area contributed by atoms with Crippen LogP contribution in [0.3, 0.4) is 0 Å². The maximum absolute atomic E-state index is 12.4. The fourth-order valence-electron chi connectivity index (χ4n) is 4.79. The normalized spacial score (nSPS) is 15.4. The number of aromatic nitrogens is 2. The molecule has 6 heteroatoms. The van der Waals surface area contributed by atoms with Crippen LogP contribution in [0.5, 0.6) is 0 Å². The summed E-state index contributed by atoms with van der Waals surface area (Å²) in [6.45, 7) is 0.810. The molecule has 146 valence electrons. The fourth-order valence-corrected chi connectivity index (χ4v) is 4.79. The molecule has 1 aliphatic heterocycles. The van der Waals surface area contributed by atoms with Crippen LogP contribution < -0.4 is 0 Å². The Kier molecular flexibility index (Phi) is 3.94. The number of fused-ring (bicyclic) bond motifs is 1. The number of aliphatic carboxylic acids is 2. The predicted molar refractivity (Wildman–Crippen MR) is 109 cm³/mol. The zero-order chi connectivity index (χ0) is 20.1. The largest absolute Gasteiger partial charge is 0.481 e. The molecule has 2 atom stereocenters. The number of nitrogens with zero attached hydrogens (tertiary/aromatic N) is 1. The van der Waals surface area contributed by atoms with E-state index >= 15 is 0 Å². The van der Waals surface area contributed by atoms with Crippen molar-refractivity contribution in [1.29, 1.82) is 0 Å². The third-order valence-corrected chi connectivity index (χ3v) is 6.01. The second-order valence-electron chi connectivity index (χ2n) is 7.62. The van der Waals surface area contributed by atoms with E-state index in [1.807, 2.05) is 42.6 Å². The lowest BCUT2D eigenvalue weighted by atomic mass is 9.81. The standard InChI is InChI=1S/C23H20N2O4/c26-22(27)19(16-11-24-18-9-2-1-7-14(16)18)20(23(28)29)17-12-25-10-4-6-13-5-3-8-15(17)21(13)25/h1-3,5,7-9,11-12,19-20,24H,4,6,10H2,(H,26,27)(H,28,29). The van der Waals surface area contributed by atoms with Crippen molar-refractivity contribution in [3.05, 3.63) is 71.5 Å². The molecule has 0 saturated carbocycles. The zero-order valence-electron chi connectivity index (χ0n) is 15.6. The second kappa shape index (κ2) is 6.51. The van der Waals surface area contributed by atoms with Gasteiger partial charge in [0.2, 0.25) is 0 Å². The lowest BCUT2D eigenvalue weighted by Crippen LogP contribution is -2.26. The molecular weight excluding hydrogens is 368 g/mol. The van der Waals surface area contributed by atoms with Gasteiger partial charge in [-0.3, -0.25) is 9.59 Å². The number of hydrogen-bond acceptors (Lipinski definition) is 2. The molecule has 0 spiro atoms. The van der Waals surface area contributed by atoms with E-state index < -0.39 is 23.8 Å². The minimum Gasteiger partial charge on any atom is -0.481 e. The number of nitrogens with one attached hydrogen (secondary N) is 1. The third-order valence-electron chi connectivity index (χ3n) is 6.01. The van der Waals surface area contributed by atoms with Gasteiger partial charge >= 0.3 is 11.9 Å². The molecule has 0 radical (unpaired) electrons. The van der Waals surface area contributed by atoms with Crippen LogP contribution in [0.2, 0.25) is 0 Å². The molecule has 3 heterocycles. The minimum absolute atomic E-state index is 0.493. The van der Waals surface area contributed by atoms with Crippen LogP contribution in [-0.4, -0.2) is 31.7 Å². The lowest BCUT2D eigenvalue weighted by molar-refractivity contribution is -0.147. The van der Waals surface area contributed by atoms with Gasteiger partial charge < -0.3 is 19.8 Å². The van der Waals surface area contributed by atoms with Crippen molar-refractivity contribution in [3.63, 3.8) is 0 Å². The summed E-state index contributed by atoms with van der Waals surface area (Å²) in [6.07, 6.45) is 5.41. The number of para-hydroxylation sites is 2. The Morgan fingerprint density at radius 2 is 1.66 bits per heavy atom. The Bertz CT molecular complexity index is 1270. The molecule has 0 bridgehead atoms. The molecule has 3 N–H and O–H groups in total. The maximum atomic E-state index is 12.4. The molecule has 0 fully saturated rings. The average Bonchev–Trinajstić information content (AvgIpc) is 3.29. The van der Waals surface area contributed by atoms with E-state index in [-0.39, 0.29) is 0 Å². The van der Waals surface area contributed by atoms with Gasteiger partial charge in [-0.1, -0.05) is 36.4 Å². The number of carboxylic acids is 2. The van der Waals surface area contributed by atoms with Crippen molar-refractivity contribution >= 4 is 33.7 Å². The van der Waals surface area contributed by atoms with E-state index in [0.717, 1.165) is 41.2 Å². The molecule has 4 aromatic rings. The van der Waals surface area contributed by atoms with Crippen LogP contribution in [0, 0.1) is 0 Å². The number of aryl methyl sites for hydroxylation is 2. The van der Waals surface area contributed by atoms with Crippen LogP contribution in [0.1, 0.15) is 34.9 Å². The number of benzene rings is 2. The van der Waals surface area contributed by atoms with Crippen molar-refractivity contribution in [3.8, 4) is 0 Å². The first kappa shape index (κ1) is 17.6. The highest BCUT2D eigenvalue weighted by atomic mass is 16.4. The van der Waals surface area contributed by atoms with Crippen molar-refractivity contribution in [2.75, 3.05) is 0 Å². The van der Waals surface area contributed by atoms with Gasteiger partial charge in [0.15, 0.2) is 0 Å². The van der Waals surface area contributed by atoms with E-state index in [0.29, 0.717) is 11.1 Å². The smallest absolute Gasteiger partial charge is 0.312 e. The van der Waals surface area contributed by atoms with Gasteiger partial charge in [0.25, 0.3) is 0 Å². The van der Waals surface area contributed by atoms with E-state index in [2.05, 4.69) is 15.6 Å². The first-order valence-electron chi connectivity index (χ1n) is 9.68. The zero-order valence-corrected chi connectivity index (χ0v) is 15.6. The number of aromatic amines is 1. The van der Waals surface area contributed by atoms with E-state index in [1.165, 1.54) is 5.56 Å². The summed E-state index contributed by atoms with van der Waals surface area (Å²) >= 11 is 0. The first-order chi connectivity index (χ1) is 14.1. The summed E-state index contributed by atoms with van der Waals surface area (Å²) in [5.74, 6) is -4.67. The quantitative estimate of drug-likeness (QED) is 0.480. The summed E-state index contributed by atoms with van der Waals surface area (Å²) in [6, 6.07) is 13.3.